The summed E-state index contributed by atoms with van der Waals surface area (Å²) in [6.07, 6.45) is 3.89. The molecule has 2 heterocycles. The van der Waals surface area contributed by atoms with Crippen LogP contribution in [0, 0.1) is 6.92 Å². The summed E-state index contributed by atoms with van der Waals surface area (Å²) in [4.78, 5) is 21.4. The molecule has 0 aliphatic heterocycles. The van der Waals surface area contributed by atoms with Gasteiger partial charge in [-0.3, -0.25) is 9.78 Å². The molecule has 6 nitrogen and oxygen atoms in total. The molecule has 1 atom stereocenters. The largest absolute Gasteiger partial charge is 0.340 e. The summed E-state index contributed by atoms with van der Waals surface area (Å²) in [5.41, 5.74) is 3.50. The highest BCUT2D eigenvalue weighted by Gasteiger charge is 2.23. The van der Waals surface area contributed by atoms with Crippen LogP contribution in [0.5, 0.6) is 0 Å². The van der Waals surface area contributed by atoms with Crippen LogP contribution in [0.2, 0.25) is 0 Å². The fraction of sp³-hybridized carbons (Fsp3) is 0.130. The number of nitrogens with one attached hydrogen (secondary N) is 1. The molecule has 0 radical (unpaired) electrons. The van der Waals surface area contributed by atoms with Gasteiger partial charge in [0.05, 0.1) is 0 Å². The maximum Gasteiger partial charge on any atom is 0.251 e. The van der Waals surface area contributed by atoms with E-state index in [-0.39, 0.29) is 5.91 Å². The highest BCUT2D eigenvalue weighted by molar-refractivity contribution is 5.94. The third kappa shape index (κ3) is 4.55. The monoisotopic (exact) mass is 384 g/mol. The SMILES string of the molecule is Cc1ccc(C(=O)N[C@H](Cc2ccccc2)c2nc(-c3cccnc3)no2)cc1. The number of hydrogen-bond acceptors (Lipinski definition) is 5. The van der Waals surface area contributed by atoms with E-state index in [1.165, 1.54) is 0 Å². The molecular weight excluding hydrogens is 364 g/mol. The van der Waals surface area contributed by atoms with Crippen molar-refractivity contribution in [2.24, 2.45) is 0 Å². The molecule has 4 aromatic rings. The number of aryl methyl sites for hydroxylation is 1. The minimum atomic E-state index is -0.455. The molecule has 0 aliphatic rings. The van der Waals surface area contributed by atoms with E-state index < -0.39 is 6.04 Å². The number of hydrogen-bond donors (Lipinski definition) is 1. The van der Waals surface area contributed by atoms with E-state index >= 15 is 0 Å². The standard InChI is InChI=1S/C23H20N4O2/c1-16-9-11-18(12-10-16)22(28)25-20(14-17-6-3-2-4-7-17)23-26-21(27-29-23)19-8-5-13-24-15-19/h2-13,15,20H,14H2,1H3,(H,25,28)/t20-/m1/s1. The number of nitrogens with zero attached hydrogens (tertiary/aromatic N) is 3. The Balaban J connectivity index is 1.61. The number of rotatable bonds is 6. The van der Waals surface area contributed by atoms with Crippen molar-refractivity contribution in [2.45, 2.75) is 19.4 Å². The number of benzene rings is 2. The maximum atomic E-state index is 12.8. The van der Waals surface area contributed by atoms with Crippen LogP contribution in [0.3, 0.4) is 0 Å². The summed E-state index contributed by atoms with van der Waals surface area (Å²) in [5, 5.41) is 7.09. The Hall–Kier alpha value is -3.80. The van der Waals surface area contributed by atoms with Crippen molar-refractivity contribution in [2.75, 3.05) is 0 Å². The molecule has 1 amide bonds. The lowest BCUT2D eigenvalue weighted by atomic mass is 10.0. The molecule has 6 heteroatoms. The number of amides is 1. The quantitative estimate of drug-likeness (QED) is 0.540. The molecule has 144 valence electrons. The molecule has 0 bridgehead atoms. The van der Waals surface area contributed by atoms with E-state index in [0.29, 0.717) is 23.7 Å². The van der Waals surface area contributed by atoms with Gasteiger partial charge in [-0.1, -0.05) is 53.2 Å². The molecule has 4 rings (SSSR count). The van der Waals surface area contributed by atoms with Crippen LogP contribution >= 0.6 is 0 Å². The van der Waals surface area contributed by atoms with Crippen molar-refractivity contribution in [1.82, 2.24) is 20.4 Å². The molecule has 0 aliphatic carbocycles. The Bertz CT molecular complexity index is 1080. The molecule has 29 heavy (non-hydrogen) atoms. The van der Waals surface area contributed by atoms with Crippen molar-refractivity contribution in [1.29, 1.82) is 0 Å². The second kappa shape index (κ2) is 8.48. The van der Waals surface area contributed by atoms with Crippen LogP contribution in [0.15, 0.2) is 83.6 Å². The van der Waals surface area contributed by atoms with E-state index in [2.05, 4.69) is 20.4 Å². The first-order valence-corrected chi connectivity index (χ1v) is 9.34. The van der Waals surface area contributed by atoms with E-state index in [0.717, 1.165) is 16.7 Å². The summed E-state index contributed by atoms with van der Waals surface area (Å²) >= 11 is 0. The molecule has 0 fully saturated rings. The van der Waals surface area contributed by atoms with Crippen molar-refractivity contribution in [3.63, 3.8) is 0 Å². The zero-order chi connectivity index (χ0) is 20.1. The summed E-state index contributed by atoms with van der Waals surface area (Å²) in [7, 11) is 0. The van der Waals surface area contributed by atoms with Gasteiger partial charge in [-0.15, -0.1) is 0 Å². The fourth-order valence-electron chi connectivity index (χ4n) is 2.99. The molecule has 0 saturated heterocycles. The van der Waals surface area contributed by atoms with Gasteiger partial charge in [0.25, 0.3) is 5.91 Å². The first-order valence-electron chi connectivity index (χ1n) is 9.34. The highest BCUT2D eigenvalue weighted by atomic mass is 16.5. The second-order valence-corrected chi connectivity index (χ2v) is 6.78. The predicted octanol–water partition coefficient (Wildman–Crippen LogP) is 4.15. The average molecular weight is 384 g/mol. The third-order valence-corrected chi connectivity index (χ3v) is 4.56. The Kier molecular flexibility index (Phi) is 5.42. The number of aromatic nitrogens is 3. The van der Waals surface area contributed by atoms with Gasteiger partial charge in [-0.05, 0) is 36.8 Å². The summed E-state index contributed by atoms with van der Waals surface area (Å²) < 4.78 is 5.51. The van der Waals surface area contributed by atoms with E-state index in [1.54, 1.807) is 24.5 Å². The van der Waals surface area contributed by atoms with Gasteiger partial charge in [0, 0.05) is 29.9 Å². The lowest BCUT2D eigenvalue weighted by molar-refractivity contribution is 0.0928. The Morgan fingerprint density at radius 3 is 2.55 bits per heavy atom. The van der Waals surface area contributed by atoms with Gasteiger partial charge >= 0.3 is 0 Å². The van der Waals surface area contributed by atoms with Crippen LogP contribution in [-0.4, -0.2) is 21.0 Å². The fourth-order valence-corrected chi connectivity index (χ4v) is 2.99. The molecule has 2 aromatic carbocycles. The highest BCUT2D eigenvalue weighted by Crippen LogP contribution is 2.21. The second-order valence-electron chi connectivity index (χ2n) is 6.78. The van der Waals surface area contributed by atoms with Crippen molar-refractivity contribution in [3.8, 4) is 11.4 Å². The first-order chi connectivity index (χ1) is 14.2. The van der Waals surface area contributed by atoms with Gasteiger partial charge in [0.15, 0.2) is 0 Å². The Morgan fingerprint density at radius 2 is 1.83 bits per heavy atom. The maximum absolute atomic E-state index is 12.8. The summed E-state index contributed by atoms with van der Waals surface area (Å²) in [5.74, 6) is 0.607. The van der Waals surface area contributed by atoms with Crippen LogP contribution in [0.4, 0.5) is 0 Å². The predicted molar refractivity (Wildman–Crippen MR) is 109 cm³/mol. The Morgan fingerprint density at radius 1 is 1.03 bits per heavy atom. The van der Waals surface area contributed by atoms with E-state index in [4.69, 9.17) is 4.52 Å². The van der Waals surface area contributed by atoms with Crippen molar-refractivity contribution < 1.29 is 9.32 Å². The molecule has 0 spiro atoms. The average Bonchev–Trinajstić information content (AvgIpc) is 3.25. The zero-order valence-corrected chi connectivity index (χ0v) is 15.9. The lowest BCUT2D eigenvalue weighted by Gasteiger charge is -2.15. The van der Waals surface area contributed by atoms with Crippen molar-refractivity contribution >= 4 is 5.91 Å². The van der Waals surface area contributed by atoms with Gasteiger partial charge in [-0.25, -0.2) is 0 Å². The van der Waals surface area contributed by atoms with Gasteiger partial charge in [0.1, 0.15) is 6.04 Å². The molecule has 2 aromatic heterocycles. The van der Waals surface area contributed by atoms with Crippen molar-refractivity contribution in [3.05, 3.63) is 102 Å². The number of carbonyl (C=O) groups excluding carboxylic acids is 1. The summed E-state index contributed by atoms with van der Waals surface area (Å²) in [6, 6.07) is 20.5. The number of carbonyl (C=O) groups is 1. The van der Waals surface area contributed by atoms with Crippen LogP contribution < -0.4 is 5.32 Å². The first kappa shape index (κ1) is 18.6. The van der Waals surface area contributed by atoms with Crippen LogP contribution in [0.25, 0.3) is 11.4 Å². The number of pyridine rings is 1. The molecule has 0 saturated carbocycles. The van der Waals surface area contributed by atoms with Gasteiger partial charge in [0.2, 0.25) is 11.7 Å². The minimum absolute atomic E-state index is 0.188. The van der Waals surface area contributed by atoms with Gasteiger partial charge < -0.3 is 9.84 Å². The normalized spacial score (nSPS) is 11.8. The molecular formula is C23H20N4O2. The molecule has 0 unspecified atom stereocenters. The lowest BCUT2D eigenvalue weighted by Crippen LogP contribution is -2.30. The van der Waals surface area contributed by atoms with Crippen LogP contribution in [0.1, 0.15) is 33.4 Å². The van der Waals surface area contributed by atoms with Gasteiger partial charge in [-0.2, -0.15) is 4.98 Å². The minimum Gasteiger partial charge on any atom is -0.340 e. The zero-order valence-electron chi connectivity index (χ0n) is 15.9. The van der Waals surface area contributed by atoms with E-state index in [9.17, 15) is 4.79 Å². The Labute approximate surface area is 168 Å². The van der Waals surface area contributed by atoms with Crippen LogP contribution in [-0.2, 0) is 6.42 Å². The van der Waals surface area contributed by atoms with E-state index in [1.807, 2.05) is 61.5 Å². The summed E-state index contributed by atoms with van der Waals surface area (Å²) in [6.45, 7) is 1.98. The molecule has 1 N–H and O–H groups in total. The third-order valence-electron chi connectivity index (χ3n) is 4.56. The topological polar surface area (TPSA) is 80.9 Å². The smallest absolute Gasteiger partial charge is 0.251 e.